The van der Waals surface area contributed by atoms with Gasteiger partial charge in [-0.25, -0.2) is 0 Å². The standard InChI is InChI=1S/C38H46O6/c1-26-15-17-32(19-28(26)3)22-36(42,21-30-11-7-5-8-12-30)38(44,24-33-18-16-27(2)29(4)20-33)37(43,35(41)34(40)25-39)23-31-13-9-6-10-14-31/h5-20,34-35,39-44H,21-25H2,1-4H3/t34-,35+,36?,37+,38+/m0/s1. The van der Waals surface area contributed by atoms with Crippen molar-refractivity contribution in [1.82, 2.24) is 0 Å². The Hall–Kier alpha value is -3.36. The topological polar surface area (TPSA) is 121 Å². The average Bonchev–Trinajstić information content (AvgIpc) is 3.00. The van der Waals surface area contributed by atoms with Crippen LogP contribution in [0.1, 0.15) is 44.5 Å². The van der Waals surface area contributed by atoms with Crippen LogP contribution in [0.2, 0.25) is 0 Å². The Bertz CT molecular complexity index is 1520. The molecule has 6 heteroatoms. The molecule has 0 saturated heterocycles. The summed E-state index contributed by atoms with van der Waals surface area (Å²) in [5.41, 5.74) is -0.290. The third-order valence-corrected chi connectivity index (χ3v) is 9.28. The van der Waals surface area contributed by atoms with Crippen LogP contribution in [-0.4, -0.2) is 66.3 Å². The van der Waals surface area contributed by atoms with Crippen LogP contribution in [0, 0.1) is 27.7 Å². The number of aryl methyl sites for hydroxylation is 4. The van der Waals surface area contributed by atoms with Crippen LogP contribution in [0.3, 0.4) is 0 Å². The summed E-state index contributed by atoms with van der Waals surface area (Å²) in [6, 6.07) is 29.6. The Kier molecular flexibility index (Phi) is 10.5. The van der Waals surface area contributed by atoms with Crippen molar-refractivity contribution >= 4 is 0 Å². The van der Waals surface area contributed by atoms with Crippen LogP contribution < -0.4 is 0 Å². The largest absolute Gasteiger partial charge is 0.394 e. The molecule has 1 unspecified atom stereocenters. The Morgan fingerprint density at radius 3 is 1.41 bits per heavy atom. The molecule has 0 amide bonds. The van der Waals surface area contributed by atoms with E-state index in [4.69, 9.17) is 0 Å². The lowest BCUT2D eigenvalue weighted by molar-refractivity contribution is -0.285. The zero-order valence-corrected chi connectivity index (χ0v) is 26.1. The minimum Gasteiger partial charge on any atom is -0.394 e. The van der Waals surface area contributed by atoms with Crippen LogP contribution >= 0.6 is 0 Å². The van der Waals surface area contributed by atoms with Crippen LogP contribution in [0.15, 0.2) is 97.1 Å². The highest BCUT2D eigenvalue weighted by atomic mass is 16.4. The van der Waals surface area contributed by atoms with Crippen molar-refractivity contribution in [2.24, 2.45) is 0 Å². The molecule has 0 spiro atoms. The Morgan fingerprint density at radius 1 is 0.523 bits per heavy atom. The van der Waals surface area contributed by atoms with Crippen LogP contribution in [0.5, 0.6) is 0 Å². The van der Waals surface area contributed by atoms with Gasteiger partial charge in [0.2, 0.25) is 0 Å². The zero-order valence-electron chi connectivity index (χ0n) is 26.1. The van der Waals surface area contributed by atoms with Crippen LogP contribution in [0.25, 0.3) is 0 Å². The van der Waals surface area contributed by atoms with E-state index in [2.05, 4.69) is 0 Å². The van der Waals surface area contributed by atoms with Gasteiger partial charge in [0, 0.05) is 25.7 Å². The molecule has 0 aromatic heterocycles. The van der Waals surface area contributed by atoms with Gasteiger partial charge in [-0.2, -0.15) is 0 Å². The number of aliphatic hydroxyl groups excluding tert-OH is 3. The maximum Gasteiger partial charge on any atom is 0.129 e. The quantitative estimate of drug-likeness (QED) is 0.138. The summed E-state index contributed by atoms with van der Waals surface area (Å²) < 4.78 is 0. The third-order valence-electron chi connectivity index (χ3n) is 9.28. The molecular weight excluding hydrogens is 552 g/mol. The second kappa shape index (κ2) is 13.7. The summed E-state index contributed by atoms with van der Waals surface area (Å²) in [6.07, 6.45) is -4.51. The molecule has 6 N–H and O–H groups in total. The Morgan fingerprint density at radius 2 is 0.955 bits per heavy atom. The van der Waals surface area contributed by atoms with Crippen LogP contribution in [-0.2, 0) is 25.7 Å². The van der Waals surface area contributed by atoms with E-state index >= 15 is 0 Å². The van der Waals surface area contributed by atoms with E-state index in [0.29, 0.717) is 11.1 Å². The van der Waals surface area contributed by atoms with Crippen molar-refractivity contribution in [2.75, 3.05) is 6.61 Å². The fourth-order valence-corrected chi connectivity index (χ4v) is 6.29. The molecule has 5 atom stereocenters. The van der Waals surface area contributed by atoms with Gasteiger partial charge in [-0.15, -0.1) is 0 Å². The zero-order chi connectivity index (χ0) is 32.1. The summed E-state index contributed by atoms with van der Waals surface area (Å²) in [5, 5.41) is 71.5. The molecule has 0 saturated carbocycles. The van der Waals surface area contributed by atoms with E-state index in [1.165, 1.54) is 0 Å². The summed E-state index contributed by atoms with van der Waals surface area (Å²) in [5.74, 6) is 0. The van der Waals surface area contributed by atoms with Gasteiger partial charge in [0.25, 0.3) is 0 Å². The fourth-order valence-electron chi connectivity index (χ4n) is 6.29. The minimum absolute atomic E-state index is 0.0661. The number of hydrogen-bond acceptors (Lipinski definition) is 6. The minimum atomic E-state index is -2.53. The smallest absolute Gasteiger partial charge is 0.129 e. The summed E-state index contributed by atoms with van der Waals surface area (Å²) in [7, 11) is 0. The predicted octanol–water partition coefficient (Wildman–Crippen LogP) is 4.10. The molecule has 0 aliphatic carbocycles. The number of aliphatic hydroxyl groups is 6. The van der Waals surface area contributed by atoms with Gasteiger partial charge in [-0.05, 0) is 72.2 Å². The van der Waals surface area contributed by atoms with Crippen molar-refractivity contribution in [2.45, 2.75) is 82.4 Å². The normalized spacial score (nSPS) is 17.2. The Labute approximate surface area is 260 Å². The highest BCUT2D eigenvalue weighted by molar-refractivity contribution is 5.37. The highest BCUT2D eigenvalue weighted by Crippen LogP contribution is 2.45. The molecule has 4 aromatic carbocycles. The molecule has 234 valence electrons. The first kappa shape index (κ1) is 33.5. The first-order valence-electron chi connectivity index (χ1n) is 15.2. The van der Waals surface area contributed by atoms with Gasteiger partial charge in [0.1, 0.15) is 29.0 Å². The number of benzene rings is 4. The number of rotatable bonds is 13. The average molecular weight is 599 g/mol. The molecule has 4 aromatic rings. The van der Waals surface area contributed by atoms with Crippen molar-refractivity contribution in [1.29, 1.82) is 0 Å². The molecule has 6 nitrogen and oxygen atoms in total. The molecule has 0 bridgehead atoms. The molecular formula is C38H46O6. The van der Waals surface area contributed by atoms with Gasteiger partial charge in [-0.1, -0.05) is 97.1 Å². The van der Waals surface area contributed by atoms with Crippen molar-refractivity contribution < 1.29 is 30.6 Å². The lowest BCUT2D eigenvalue weighted by Gasteiger charge is -2.55. The Balaban J connectivity index is 2.01. The van der Waals surface area contributed by atoms with E-state index in [1.54, 1.807) is 24.3 Å². The summed E-state index contributed by atoms with van der Waals surface area (Å²) >= 11 is 0. The monoisotopic (exact) mass is 598 g/mol. The van der Waals surface area contributed by atoms with E-state index < -0.39 is 35.6 Å². The lowest BCUT2D eigenvalue weighted by Crippen LogP contribution is -2.76. The fraction of sp³-hybridized carbons (Fsp3) is 0.368. The molecule has 4 rings (SSSR count). The van der Waals surface area contributed by atoms with Gasteiger partial charge >= 0.3 is 0 Å². The van der Waals surface area contributed by atoms with Crippen LogP contribution in [0.4, 0.5) is 0 Å². The predicted molar refractivity (Wildman–Crippen MR) is 173 cm³/mol. The molecule has 0 aliphatic rings. The van der Waals surface area contributed by atoms with Crippen molar-refractivity contribution in [3.63, 3.8) is 0 Å². The highest BCUT2D eigenvalue weighted by Gasteiger charge is 2.65. The molecule has 0 heterocycles. The van der Waals surface area contributed by atoms with Gasteiger partial charge < -0.3 is 30.6 Å². The van der Waals surface area contributed by atoms with Gasteiger partial charge in [-0.3, -0.25) is 0 Å². The molecule has 0 fully saturated rings. The van der Waals surface area contributed by atoms with E-state index in [1.807, 2.05) is 100 Å². The SMILES string of the molecule is Cc1ccc(CC(O)(Cc2ccccc2)[C@](O)(Cc2ccc(C)c(C)c2)[C@@](O)(Cc2ccccc2)[C@H](O)[C@@H](O)CO)cc1C. The van der Waals surface area contributed by atoms with E-state index in [9.17, 15) is 30.6 Å². The second-order valence-electron chi connectivity index (χ2n) is 12.5. The first-order chi connectivity index (χ1) is 20.8. The van der Waals surface area contributed by atoms with Crippen molar-refractivity contribution in [3.8, 4) is 0 Å². The van der Waals surface area contributed by atoms with Crippen molar-refractivity contribution in [3.05, 3.63) is 142 Å². The molecule has 0 aliphatic heterocycles. The van der Waals surface area contributed by atoms with Gasteiger partial charge in [0.05, 0.1) is 6.61 Å². The van der Waals surface area contributed by atoms with Gasteiger partial charge in [0.15, 0.2) is 0 Å². The second-order valence-corrected chi connectivity index (χ2v) is 12.5. The summed E-state index contributed by atoms with van der Waals surface area (Å²) in [6.45, 7) is 7.04. The maximum absolute atomic E-state index is 13.2. The summed E-state index contributed by atoms with van der Waals surface area (Å²) in [4.78, 5) is 0. The molecule has 44 heavy (non-hydrogen) atoms. The maximum atomic E-state index is 13.2. The number of hydrogen-bond donors (Lipinski definition) is 6. The lowest BCUT2D eigenvalue weighted by atomic mass is 9.59. The first-order valence-corrected chi connectivity index (χ1v) is 15.2. The molecule has 0 radical (unpaired) electrons. The third kappa shape index (κ3) is 6.97. The van der Waals surface area contributed by atoms with E-state index in [0.717, 1.165) is 33.4 Å². The van der Waals surface area contributed by atoms with E-state index in [-0.39, 0.29) is 25.7 Å².